The van der Waals surface area contributed by atoms with E-state index in [1.54, 1.807) is 0 Å². The van der Waals surface area contributed by atoms with Crippen LogP contribution in [0.25, 0.3) is 0 Å². The first kappa shape index (κ1) is 15.8. The molecule has 1 aromatic carbocycles. The molecule has 1 saturated carbocycles. The lowest BCUT2D eigenvalue weighted by Crippen LogP contribution is -2.48. The Balaban J connectivity index is 1.83. The minimum Gasteiger partial charge on any atom is -0.483 e. The molecule has 1 fully saturated rings. The highest BCUT2D eigenvalue weighted by Crippen LogP contribution is 2.30. The Morgan fingerprint density at radius 3 is 2.76 bits per heavy atom. The molecule has 0 aromatic heterocycles. The summed E-state index contributed by atoms with van der Waals surface area (Å²) in [5.41, 5.74) is 0.440. The molecule has 4 heteroatoms. The van der Waals surface area contributed by atoms with E-state index in [1.807, 2.05) is 24.3 Å². The van der Waals surface area contributed by atoms with E-state index >= 15 is 0 Å². The van der Waals surface area contributed by atoms with Crippen LogP contribution in [-0.4, -0.2) is 29.8 Å². The highest BCUT2D eigenvalue weighted by atomic mass is 16.5. The van der Waals surface area contributed by atoms with Crippen molar-refractivity contribution >= 4 is 5.91 Å². The maximum atomic E-state index is 11.8. The second-order valence-corrected chi connectivity index (χ2v) is 5.99. The fraction of sp³-hybridized carbons (Fsp3) is 0.588. The first-order valence-electron chi connectivity index (χ1n) is 7.75. The second-order valence-electron chi connectivity index (χ2n) is 5.99. The van der Waals surface area contributed by atoms with Gasteiger partial charge in [-0.15, -0.1) is 0 Å². The van der Waals surface area contributed by atoms with Crippen LogP contribution in [0.15, 0.2) is 24.3 Å². The summed E-state index contributed by atoms with van der Waals surface area (Å²) in [7, 11) is 0. The van der Waals surface area contributed by atoms with Gasteiger partial charge in [0.25, 0.3) is 5.91 Å². The van der Waals surface area contributed by atoms with E-state index in [9.17, 15) is 9.90 Å². The van der Waals surface area contributed by atoms with Crippen LogP contribution in [-0.2, 0) is 4.79 Å². The van der Waals surface area contributed by atoms with Gasteiger partial charge in [0, 0.05) is 6.54 Å². The predicted octanol–water partition coefficient (Wildman–Crippen LogP) is 2.61. The van der Waals surface area contributed by atoms with Crippen molar-refractivity contribution in [3.8, 4) is 5.75 Å². The van der Waals surface area contributed by atoms with Gasteiger partial charge in [0.2, 0.25) is 0 Å². The molecule has 0 bridgehead atoms. The Hall–Kier alpha value is -1.55. The van der Waals surface area contributed by atoms with Gasteiger partial charge in [-0.25, -0.2) is 0 Å². The molecular weight excluding hydrogens is 266 g/mol. The minimum absolute atomic E-state index is 0.0104. The predicted molar refractivity (Wildman–Crippen MR) is 82.5 cm³/mol. The number of nitrogens with one attached hydrogen (secondary N) is 1. The molecule has 0 saturated heterocycles. The molecule has 2 N–H and O–H groups in total. The van der Waals surface area contributed by atoms with Gasteiger partial charge in [0.15, 0.2) is 6.61 Å². The summed E-state index contributed by atoms with van der Waals surface area (Å²) < 4.78 is 5.65. The van der Waals surface area contributed by atoms with Crippen LogP contribution in [0.2, 0.25) is 0 Å². The molecule has 1 aliphatic carbocycles. The second kappa shape index (κ2) is 6.94. The monoisotopic (exact) mass is 291 g/mol. The smallest absolute Gasteiger partial charge is 0.258 e. The Kier molecular flexibility index (Phi) is 5.23. The van der Waals surface area contributed by atoms with Crippen molar-refractivity contribution in [2.24, 2.45) is 0 Å². The SMILES string of the molecule is CCC(C)c1ccccc1OCC(=O)NCC1(O)CCC1. The molecule has 1 amide bonds. The highest BCUT2D eigenvalue weighted by Gasteiger charge is 2.34. The van der Waals surface area contributed by atoms with Crippen molar-refractivity contribution in [3.63, 3.8) is 0 Å². The maximum Gasteiger partial charge on any atom is 0.258 e. The van der Waals surface area contributed by atoms with Crippen molar-refractivity contribution in [1.29, 1.82) is 0 Å². The molecule has 1 aliphatic rings. The number of aliphatic hydroxyl groups is 1. The number of ether oxygens (including phenoxy) is 1. The molecule has 0 aliphatic heterocycles. The summed E-state index contributed by atoms with van der Waals surface area (Å²) in [5, 5.41) is 12.7. The van der Waals surface area contributed by atoms with Crippen LogP contribution >= 0.6 is 0 Å². The highest BCUT2D eigenvalue weighted by molar-refractivity contribution is 5.77. The number of benzene rings is 1. The Morgan fingerprint density at radius 1 is 1.43 bits per heavy atom. The zero-order valence-corrected chi connectivity index (χ0v) is 12.9. The number of carbonyl (C=O) groups is 1. The Labute approximate surface area is 126 Å². The normalized spacial score (nSPS) is 17.7. The first-order valence-corrected chi connectivity index (χ1v) is 7.75. The molecule has 21 heavy (non-hydrogen) atoms. The standard InChI is InChI=1S/C17H25NO3/c1-3-13(2)14-7-4-5-8-15(14)21-11-16(19)18-12-17(20)9-6-10-17/h4-5,7-8,13,20H,3,6,9-12H2,1-2H3,(H,18,19). The van der Waals surface area contributed by atoms with Gasteiger partial charge in [0.1, 0.15) is 5.75 Å². The topological polar surface area (TPSA) is 58.6 Å². The average Bonchev–Trinajstić information content (AvgIpc) is 2.48. The summed E-state index contributed by atoms with van der Waals surface area (Å²) >= 11 is 0. The Morgan fingerprint density at radius 2 is 2.14 bits per heavy atom. The fourth-order valence-electron chi connectivity index (χ4n) is 2.46. The van der Waals surface area contributed by atoms with E-state index < -0.39 is 5.60 Å². The molecule has 0 radical (unpaired) electrons. The fourth-order valence-corrected chi connectivity index (χ4v) is 2.46. The summed E-state index contributed by atoms with van der Waals surface area (Å²) in [4.78, 5) is 11.8. The van der Waals surface area contributed by atoms with Crippen molar-refractivity contribution < 1.29 is 14.6 Å². The third-order valence-corrected chi connectivity index (χ3v) is 4.32. The van der Waals surface area contributed by atoms with Gasteiger partial charge < -0.3 is 15.2 Å². The number of carbonyl (C=O) groups excluding carboxylic acids is 1. The van der Waals surface area contributed by atoms with Crippen LogP contribution in [0.5, 0.6) is 5.75 Å². The minimum atomic E-state index is -0.690. The summed E-state index contributed by atoms with van der Waals surface area (Å²) in [6.07, 6.45) is 3.60. The number of hydrogen-bond acceptors (Lipinski definition) is 3. The molecule has 1 aromatic rings. The lowest BCUT2D eigenvalue weighted by molar-refractivity contribution is -0.125. The van der Waals surface area contributed by atoms with Crippen LogP contribution < -0.4 is 10.1 Å². The van der Waals surface area contributed by atoms with Crippen LogP contribution in [0, 0.1) is 0 Å². The maximum absolute atomic E-state index is 11.8. The van der Waals surface area contributed by atoms with Gasteiger partial charge in [-0.05, 0) is 43.2 Å². The number of para-hydroxylation sites is 1. The van der Waals surface area contributed by atoms with Crippen LogP contribution in [0.3, 0.4) is 0 Å². The molecule has 1 atom stereocenters. The molecular formula is C17H25NO3. The number of hydrogen-bond donors (Lipinski definition) is 2. The summed E-state index contributed by atoms with van der Waals surface area (Å²) in [6, 6.07) is 7.84. The quantitative estimate of drug-likeness (QED) is 0.812. The van der Waals surface area contributed by atoms with E-state index in [-0.39, 0.29) is 12.5 Å². The summed E-state index contributed by atoms with van der Waals surface area (Å²) in [6.45, 7) is 4.59. The first-order chi connectivity index (χ1) is 10.0. The van der Waals surface area contributed by atoms with Crippen molar-refractivity contribution in [2.45, 2.75) is 51.0 Å². The average molecular weight is 291 g/mol. The summed E-state index contributed by atoms with van der Waals surface area (Å²) in [5.74, 6) is 0.985. The molecule has 0 spiro atoms. The van der Waals surface area contributed by atoms with Crippen LogP contribution in [0.4, 0.5) is 0 Å². The van der Waals surface area contributed by atoms with Gasteiger partial charge in [0.05, 0.1) is 5.60 Å². The molecule has 116 valence electrons. The largest absolute Gasteiger partial charge is 0.483 e. The van der Waals surface area contributed by atoms with E-state index in [1.165, 1.54) is 0 Å². The molecule has 4 nitrogen and oxygen atoms in total. The Bertz CT molecular complexity index is 483. The van der Waals surface area contributed by atoms with Crippen molar-refractivity contribution in [3.05, 3.63) is 29.8 Å². The zero-order valence-electron chi connectivity index (χ0n) is 12.9. The van der Waals surface area contributed by atoms with Gasteiger partial charge in [-0.2, -0.15) is 0 Å². The van der Waals surface area contributed by atoms with E-state index in [0.29, 0.717) is 12.5 Å². The number of amides is 1. The lowest BCUT2D eigenvalue weighted by Gasteiger charge is -2.36. The van der Waals surface area contributed by atoms with Crippen LogP contribution in [0.1, 0.15) is 51.0 Å². The molecule has 1 unspecified atom stereocenters. The van der Waals surface area contributed by atoms with Crippen molar-refractivity contribution in [1.82, 2.24) is 5.32 Å². The van der Waals surface area contributed by atoms with Gasteiger partial charge >= 0.3 is 0 Å². The molecule has 2 rings (SSSR count). The number of rotatable bonds is 7. The third kappa shape index (κ3) is 4.21. The lowest BCUT2D eigenvalue weighted by atomic mass is 9.80. The van der Waals surface area contributed by atoms with E-state index in [4.69, 9.17) is 4.74 Å². The van der Waals surface area contributed by atoms with E-state index in [0.717, 1.165) is 37.0 Å². The van der Waals surface area contributed by atoms with E-state index in [2.05, 4.69) is 19.2 Å². The zero-order chi connectivity index (χ0) is 15.3. The van der Waals surface area contributed by atoms with Crippen molar-refractivity contribution in [2.75, 3.05) is 13.2 Å². The van der Waals surface area contributed by atoms with Gasteiger partial charge in [-0.1, -0.05) is 32.0 Å². The third-order valence-electron chi connectivity index (χ3n) is 4.32. The molecule has 0 heterocycles. The van der Waals surface area contributed by atoms with Gasteiger partial charge in [-0.3, -0.25) is 4.79 Å².